The van der Waals surface area contributed by atoms with Gasteiger partial charge in [0.1, 0.15) is 34.5 Å². The van der Waals surface area contributed by atoms with Crippen molar-refractivity contribution in [3.05, 3.63) is 118 Å². The van der Waals surface area contributed by atoms with Crippen molar-refractivity contribution < 1.29 is 44.7 Å². The van der Waals surface area contributed by atoms with E-state index in [0.717, 1.165) is 49.3 Å². The van der Waals surface area contributed by atoms with Crippen molar-refractivity contribution in [1.82, 2.24) is 4.98 Å². The second-order valence-corrected chi connectivity index (χ2v) is 11.8. The zero-order valence-corrected chi connectivity index (χ0v) is 25.4. The van der Waals surface area contributed by atoms with E-state index >= 15 is 4.39 Å². The van der Waals surface area contributed by atoms with Gasteiger partial charge in [0.2, 0.25) is 5.78 Å². The number of unbranched alkanes of at least 4 members (excludes halogenated alkanes) is 2. The van der Waals surface area contributed by atoms with Crippen LogP contribution >= 0.6 is 0 Å². The van der Waals surface area contributed by atoms with E-state index in [2.05, 4.69) is 16.6 Å². The highest BCUT2D eigenvalue weighted by Gasteiger charge is 2.41. The van der Waals surface area contributed by atoms with Crippen LogP contribution in [0.15, 0.2) is 60.8 Å². The highest BCUT2D eigenvalue weighted by Crippen LogP contribution is 2.39. The largest absolute Gasteiger partial charge is 0.432 e. The number of nitrogens with zero attached hydrogens (tertiary/aromatic N) is 1. The Bertz CT molecular complexity index is 1700. The Morgan fingerprint density at radius 1 is 0.809 bits per heavy atom. The number of aromatic nitrogens is 1. The van der Waals surface area contributed by atoms with Crippen LogP contribution in [0.4, 0.5) is 35.1 Å². The average molecular weight is 662 g/mol. The summed E-state index contributed by atoms with van der Waals surface area (Å²) in [7, 11) is 0. The number of alkyl halides is 2. The number of ketones is 1. The maximum atomic E-state index is 15.1. The van der Waals surface area contributed by atoms with Gasteiger partial charge in [0.05, 0.1) is 0 Å². The quantitative estimate of drug-likeness (QED) is 0.0695. The smallest absolute Gasteiger partial charge is 0.429 e. The van der Waals surface area contributed by atoms with Crippen molar-refractivity contribution in [3.8, 4) is 16.9 Å². The summed E-state index contributed by atoms with van der Waals surface area (Å²) in [6.45, 7) is 2.19. The summed E-state index contributed by atoms with van der Waals surface area (Å²) in [6, 6.07) is 7.57. The number of benzene rings is 3. The molecule has 1 heterocycles. The van der Waals surface area contributed by atoms with E-state index in [1.165, 1.54) is 31.7 Å². The Hall–Kier alpha value is -4.28. The lowest BCUT2D eigenvalue weighted by Crippen LogP contribution is -2.25. The molecule has 0 radical (unpaired) electrons. The minimum Gasteiger partial charge on any atom is -0.429 e. The first-order chi connectivity index (χ1) is 22.4. The van der Waals surface area contributed by atoms with E-state index in [4.69, 9.17) is 0 Å². The second-order valence-electron chi connectivity index (χ2n) is 11.8. The van der Waals surface area contributed by atoms with Gasteiger partial charge in [0.15, 0.2) is 17.5 Å². The van der Waals surface area contributed by atoms with Crippen molar-refractivity contribution in [2.75, 3.05) is 0 Å². The molecule has 0 amide bonds. The van der Waals surface area contributed by atoms with Gasteiger partial charge in [-0.3, -0.25) is 9.78 Å². The third-order valence-electron chi connectivity index (χ3n) is 8.63. The molecular formula is C36H31F8NO2. The van der Waals surface area contributed by atoms with Crippen LogP contribution in [0.1, 0.15) is 91.4 Å². The van der Waals surface area contributed by atoms with Crippen LogP contribution in [0.5, 0.6) is 5.75 Å². The van der Waals surface area contributed by atoms with E-state index in [9.17, 15) is 35.5 Å². The minimum absolute atomic E-state index is 0.0822. The maximum Gasteiger partial charge on any atom is 0.432 e. The molecule has 3 nitrogen and oxygen atoms in total. The number of pyridine rings is 1. The van der Waals surface area contributed by atoms with Crippen LogP contribution < -0.4 is 4.74 Å². The lowest BCUT2D eigenvalue weighted by molar-refractivity contribution is -0.189. The molecule has 0 spiro atoms. The van der Waals surface area contributed by atoms with Crippen molar-refractivity contribution in [2.24, 2.45) is 5.92 Å². The Morgan fingerprint density at radius 2 is 1.47 bits per heavy atom. The predicted octanol–water partition coefficient (Wildman–Crippen LogP) is 10.8. The van der Waals surface area contributed by atoms with Gasteiger partial charge in [-0.1, -0.05) is 50.8 Å². The summed E-state index contributed by atoms with van der Waals surface area (Å²) >= 11 is 0. The van der Waals surface area contributed by atoms with Gasteiger partial charge >= 0.3 is 6.11 Å². The molecule has 0 bridgehead atoms. The molecule has 0 unspecified atom stereocenters. The van der Waals surface area contributed by atoms with Gasteiger partial charge in [-0.15, -0.1) is 0 Å². The first kappa shape index (κ1) is 34.1. The number of carbonyl (C=O) groups excluding carboxylic acids is 1. The number of carbonyl (C=O) groups is 1. The van der Waals surface area contributed by atoms with Crippen LogP contribution in [0.25, 0.3) is 11.1 Å². The molecule has 47 heavy (non-hydrogen) atoms. The molecule has 5 rings (SSSR count). The second kappa shape index (κ2) is 14.2. The molecule has 4 aromatic rings. The predicted molar refractivity (Wildman–Crippen MR) is 159 cm³/mol. The monoisotopic (exact) mass is 661 g/mol. The molecule has 3 aromatic carbocycles. The number of halogens is 8. The molecule has 0 saturated heterocycles. The van der Waals surface area contributed by atoms with Crippen molar-refractivity contribution in [2.45, 2.75) is 70.3 Å². The molecule has 0 N–H and O–H groups in total. The molecule has 1 fully saturated rings. The standard InChI is InChI=1S/C36H31F8NO2/c1-2-3-4-5-20-6-8-21(9-7-20)23-11-13-32(45-19-23)35(46)22-10-12-26(27(37)14-22)24-15-28(38)33(29(39)16-24)36(43,44)47-25-17-30(40)34(42)31(41)18-25/h10-21H,2-9H2,1H3. The molecule has 248 valence electrons. The van der Waals surface area contributed by atoms with E-state index in [0.29, 0.717) is 18.1 Å². The van der Waals surface area contributed by atoms with Gasteiger partial charge in [-0.05, 0) is 72.9 Å². The van der Waals surface area contributed by atoms with E-state index < -0.39 is 69.2 Å². The van der Waals surface area contributed by atoms with Gasteiger partial charge in [0, 0.05) is 29.5 Å². The van der Waals surface area contributed by atoms with Gasteiger partial charge in [0.25, 0.3) is 0 Å². The van der Waals surface area contributed by atoms with Crippen LogP contribution in [0.3, 0.4) is 0 Å². The van der Waals surface area contributed by atoms with Gasteiger partial charge < -0.3 is 4.74 Å². The van der Waals surface area contributed by atoms with Crippen LogP contribution in [0.2, 0.25) is 0 Å². The fraction of sp³-hybridized carbons (Fsp3) is 0.333. The normalized spacial score (nSPS) is 16.7. The summed E-state index contributed by atoms with van der Waals surface area (Å²) in [6.07, 6.45) is 6.27. The average Bonchev–Trinajstić information content (AvgIpc) is 3.03. The zero-order chi connectivity index (χ0) is 33.9. The summed E-state index contributed by atoms with van der Waals surface area (Å²) in [5.41, 5.74) is -1.76. The fourth-order valence-corrected chi connectivity index (χ4v) is 6.08. The van der Waals surface area contributed by atoms with Crippen LogP contribution in [-0.4, -0.2) is 10.8 Å². The molecular weight excluding hydrogens is 630 g/mol. The van der Waals surface area contributed by atoms with E-state index in [-0.39, 0.29) is 23.4 Å². The molecule has 1 saturated carbocycles. The van der Waals surface area contributed by atoms with Crippen molar-refractivity contribution in [1.29, 1.82) is 0 Å². The number of hydrogen-bond acceptors (Lipinski definition) is 3. The summed E-state index contributed by atoms with van der Waals surface area (Å²) < 4.78 is 118. The van der Waals surface area contributed by atoms with Crippen LogP contribution in [-0.2, 0) is 6.11 Å². The fourth-order valence-electron chi connectivity index (χ4n) is 6.08. The Kier molecular flexibility index (Phi) is 10.3. The molecule has 11 heteroatoms. The third-order valence-corrected chi connectivity index (χ3v) is 8.63. The number of rotatable bonds is 11. The van der Waals surface area contributed by atoms with Crippen LogP contribution in [0, 0.1) is 40.8 Å². The topological polar surface area (TPSA) is 39.2 Å². The number of hydrogen-bond donors (Lipinski definition) is 0. The first-order valence-electron chi connectivity index (χ1n) is 15.4. The highest BCUT2D eigenvalue weighted by atomic mass is 19.3. The maximum absolute atomic E-state index is 15.1. The van der Waals surface area contributed by atoms with E-state index in [1.54, 1.807) is 12.3 Å². The lowest BCUT2D eigenvalue weighted by Gasteiger charge is -2.28. The zero-order valence-electron chi connectivity index (χ0n) is 25.4. The summed E-state index contributed by atoms with van der Waals surface area (Å²) in [5.74, 6) is -11.2. The Balaban J connectivity index is 1.28. The summed E-state index contributed by atoms with van der Waals surface area (Å²) in [4.78, 5) is 17.4. The minimum atomic E-state index is -4.80. The van der Waals surface area contributed by atoms with Gasteiger partial charge in [-0.2, -0.15) is 8.78 Å². The first-order valence-corrected chi connectivity index (χ1v) is 15.4. The lowest BCUT2D eigenvalue weighted by atomic mass is 9.77. The Morgan fingerprint density at radius 3 is 2.04 bits per heavy atom. The molecule has 1 aromatic heterocycles. The van der Waals surface area contributed by atoms with Gasteiger partial charge in [-0.25, -0.2) is 26.3 Å². The molecule has 0 atom stereocenters. The number of ether oxygens (including phenoxy) is 1. The van der Waals surface area contributed by atoms with Crippen molar-refractivity contribution in [3.63, 3.8) is 0 Å². The Labute approximate surface area is 266 Å². The highest BCUT2D eigenvalue weighted by molar-refractivity contribution is 6.07. The summed E-state index contributed by atoms with van der Waals surface area (Å²) in [5, 5.41) is 0. The van der Waals surface area contributed by atoms with E-state index in [1.807, 2.05) is 6.07 Å². The third kappa shape index (κ3) is 7.66. The SMILES string of the molecule is CCCCCC1CCC(c2ccc(C(=O)c3ccc(-c4cc(F)c(C(F)(F)Oc5cc(F)c(F)c(F)c5)c(F)c4)c(F)c3)nc2)CC1. The molecule has 0 aliphatic heterocycles. The molecule has 1 aliphatic carbocycles. The molecule has 1 aliphatic rings. The van der Waals surface area contributed by atoms with Crippen molar-refractivity contribution >= 4 is 5.78 Å².